The Bertz CT molecular complexity index is 157. The molecular formula is C5H17NO3Si3. The van der Waals surface area contributed by atoms with Gasteiger partial charge in [0.05, 0.1) is 0 Å². The fourth-order valence-electron chi connectivity index (χ4n) is 1.17. The normalized spacial score (nSPS) is 20.3. The highest BCUT2D eigenvalue weighted by atomic mass is 28.3. The number of nitrogens with one attached hydrogen (secondary N) is 1. The summed E-state index contributed by atoms with van der Waals surface area (Å²) in [6.45, 7) is 3.71. The molecule has 0 fully saturated rings. The summed E-state index contributed by atoms with van der Waals surface area (Å²) in [4.78, 5) is 27.2. The molecule has 0 saturated heterocycles. The molecule has 0 heterocycles. The third-order valence-corrected chi connectivity index (χ3v) is 7.85. The van der Waals surface area contributed by atoms with E-state index in [0.717, 1.165) is 0 Å². The molecule has 12 heavy (non-hydrogen) atoms. The molecule has 0 aliphatic carbocycles. The molecule has 0 saturated carbocycles. The van der Waals surface area contributed by atoms with E-state index in [-0.39, 0.29) is 16.6 Å². The second kappa shape index (κ2) is 5.75. The maximum Gasteiger partial charge on any atom is 0.347 e. The first kappa shape index (κ1) is 12.2. The summed E-state index contributed by atoms with van der Waals surface area (Å²) < 4.78 is 0. The van der Waals surface area contributed by atoms with Crippen molar-refractivity contribution in [2.24, 2.45) is 0 Å². The van der Waals surface area contributed by atoms with Gasteiger partial charge in [-0.25, -0.2) is 0 Å². The quantitative estimate of drug-likeness (QED) is 0.426. The molecule has 0 amide bonds. The summed E-state index contributed by atoms with van der Waals surface area (Å²) in [7, 11) is -4.34. The molecule has 0 aromatic carbocycles. The van der Waals surface area contributed by atoms with Crippen molar-refractivity contribution < 1.29 is 14.4 Å². The Hall–Kier alpha value is 0.171. The molecule has 72 valence electrons. The highest BCUT2D eigenvalue weighted by molar-refractivity contribution is 6.44. The van der Waals surface area contributed by atoms with E-state index in [1.807, 2.05) is 6.92 Å². The summed E-state index contributed by atoms with van der Waals surface area (Å²) in [5.41, 5.74) is 0.0774. The number of rotatable bonds is 5. The van der Waals surface area contributed by atoms with Gasteiger partial charge < -0.3 is 19.4 Å². The van der Waals surface area contributed by atoms with Gasteiger partial charge in [-0.2, -0.15) is 0 Å². The fraction of sp³-hybridized carbons (Fsp3) is 1.00. The Morgan fingerprint density at radius 1 is 1.25 bits per heavy atom. The smallest absolute Gasteiger partial charge is 0.347 e. The van der Waals surface area contributed by atoms with Gasteiger partial charge in [0, 0.05) is 5.54 Å². The van der Waals surface area contributed by atoms with Crippen LogP contribution in [0.3, 0.4) is 0 Å². The molecular weight excluding hydrogens is 206 g/mol. The lowest BCUT2D eigenvalue weighted by Gasteiger charge is -2.23. The molecule has 0 bridgehead atoms. The van der Waals surface area contributed by atoms with E-state index in [1.165, 1.54) is 0 Å². The van der Waals surface area contributed by atoms with E-state index in [4.69, 9.17) is 19.4 Å². The summed E-state index contributed by atoms with van der Waals surface area (Å²) in [5.74, 6) is 0. The van der Waals surface area contributed by atoms with E-state index in [1.54, 1.807) is 6.92 Å². The Morgan fingerprint density at radius 3 is 2.00 bits per heavy atom. The van der Waals surface area contributed by atoms with Gasteiger partial charge in [-0.05, 0) is 11.1 Å². The minimum absolute atomic E-state index is 0.0399. The largest absolute Gasteiger partial charge is 0.553 e. The molecule has 4 nitrogen and oxygen atoms in total. The average Bonchev–Trinajstić information content (AvgIpc) is 2.05. The maximum atomic E-state index is 9.12. The lowest BCUT2D eigenvalue weighted by atomic mass is 10.2. The van der Waals surface area contributed by atoms with E-state index >= 15 is 0 Å². The first-order chi connectivity index (χ1) is 5.54. The molecule has 4 N–H and O–H groups in total. The SMILES string of the molecule is C[C@H]([SiH2]O)[C@H]([SiH2]O)[C@@H](C)[Si](=N)O. The van der Waals surface area contributed by atoms with Crippen LogP contribution in [0.4, 0.5) is 0 Å². The zero-order valence-electron chi connectivity index (χ0n) is 7.49. The van der Waals surface area contributed by atoms with Crippen LogP contribution in [0.5, 0.6) is 0 Å². The third-order valence-electron chi connectivity index (χ3n) is 2.30. The summed E-state index contributed by atoms with van der Waals surface area (Å²) >= 11 is 0. The van der Waals surface area contributed by atoms with Crippen LogP contribution in [-0.4, -0.2) is 42.7 Å². The van der Waals surface area contributed by atoms with Crippen molar-refractivity contribution in [3.8, 4) is 0 Å². The van der Waals surface area contributed by atoms with Crippen molar-refractivity contribution in [2.45, 2.75) is 30.5 Å². The maximum absolute atomic E-state index is 9.12. The molecule has 3 atom stereocenters. The van der Waals surface area contributed by atoms with Gasteiger partial charge in [0.1, 0.15) is 0 Å². The van der Waals surface area contributed by atoms with Crippen LogP contribution in [0.25, 0.3) is 0 Å². The lowest BCUT2D eigenvalue weighted by molar-refractivity contribution is 0.504. The molecule has 0 aliphatic rings. The minimum Gasteiger partial charge on any atom is -0.553 e. The van der Waals surface area contributed by atoms with Crippen molar-refractivity contribution in [2.75, 3.05) is 0 Å². The van der Waals surface area contributed by atoms with E-state index in [2.05, 4.69) is 0 Å². The topological polar surface area (TPSA) is 84.5 Å². The van der Waals surface area contributed by atoms with Crippen LogP contribution in [-0.2, 0) is 0 Å². The van der Waals surface area contributed by atoms with Gasteiger partial charge in [0.25, 0.3) is 0 Å². The molecule has 0 radical (unpaired) electrons. The van der Waals surface area contributed by atoms with Crippen LogP contribution in [0, 0.1) is 5.05 Å². The highest BCUT2D eigenvalue weighted by Crippen LogP contribution is 2.33. The second-order valence-electron chi connectivity index (χ2n) is 3.18. The number of hydrogen-bond donors (Lipinski definition) is 4. The Morgan fingerprint density at radius 2 is 1.75 bits per heavy atom. The van der Waals surface area contributed by atoms with Crippen molar-refractivity contribution in [1.82, 2.24) is 0 Å². The van der Waals surface area contributed by atoms with Gasteiger partial charge in [-0.1, -0.05) is 13.8 Å². The van der Waals surface area contributed by atoms with Crippen LogP contribution in [0.1, 0.15) is 13.8 Å². The Kier molecular flexibility index (Phi) is 5.84. The summed E-state index contributed by atoms with van der Waals surface area (Å²) in [6, 6.07) is 0. The van der Waals surface area contributed by atoms with Gasteiger partial charge in [0.15, 0.2) is 19.5 Å². The fourth-order valence-corrected chi connectivity index (χ4v) is 5.41. The zero-order valence-corrected chi connectivity index (χ0v) is 11.3. The van der Waals surface area contributed by atoms with Crippen molar-refractivity contribution >= 4 is 28.4 Å². The van der Waals surface area contributed by atoms with Crippen LogP contribution < -0.4 is 0 Å². The Balaban J connectivity index is 4.23. The zero-order chi connectivity index (χ0) is 9.72. The van der Waals surface area contributed by atoms with Crippen LogP contribution >= 0.6 is 0 Å². The molecule has 7 heteroatoms. The summed E-state index contributed by atoms with van der Waals surface area (Å²) in [6.07, 6.45) is 0. The molecule has 0 rings (SSSR count). The van der Waals surface area contributed by atoms with E-state index in [0.29, 0.717) is 0 Å². The van der Waals surface area contributed by atoms with Crippen molar-refractivity contribution in [3.63, 3.8) is 0 Å². The lowest BCUT2D eigenvalue weighted by Crippen LogP contribution is -2.22. The third kappa shape index (κ3) is 3.27. The van der Waals surface area contributed by atoms with Crippen LogP contribution in [0.2, 0.25) is 16.6 Å². The predicted molar refractivity (Wildman–Crippen MR) is 54.8 cm³/mol. The van der Waals surface area contributed by atoms with Gasteiger partial charge in [-0.15, -0.1) is 0 Å². The van der Waals surface area contributed by atoms with Gasteiger partial charge in [0.2, 0.25) is 0 Å². The van der Waals surface area contributed by atoms with Crippen LogP contribution in [0.15, 0.2) is 0 Å². The van der Waals surface area contributed by atoms with Crippen molar-refractivity contribution in [3.05, 3.63) is 0 Å². The first-order valence-corrected chi connectivity index (χ1v) is 8.46. The number of hydrogen-bond acceptors (Lipinski definition) is 3. The monoisotopic (exact) mass is 223 g/mol. The molecule has 0 aromatic rings. The molecule has 0 unspecified atom stereocenters. The Labute approximate surface area is 78.8 Å². The van der Waals surface area contributed by atoms with Gasteiger partial charge in [-0.3, -0.25) is 0 Å². The van der Waals surface area contributed by atoms with Crippen molar-refractivity contribution in [1.29, 1.82) is 5.05 Å². The molecule has 0 spiro atoms. The van der Waals surface area contributed by atoms with E-state index in [9.17, 15) is 0 Å². The standard InChI is InChI=1S/C5H17NO3Si3/c1-3(10-7)5(11-8)4(2)12(6)9/h3-9H,10-11H2,1-2H3/t3-,4+,5-/m0/s1. The highest BCUT2D eigenvalue weighted by Gasteiger charge is 2.27. The molecule has 0 aliphatic heterocycles. The van der Waals surface area contributed by atoms with Gasteiger partial charge >= 0.3 is 8.83 Å². The average molecular weight is 223 g/mol. The first-order valence-electron chi connectivity index (χ1n) is 4.03. The van der Waals surface area contributed by atoms with E-state index < -0.39 is 28.4 Å². The molecule has 0 aromatic heterocycles. The predicted octanol–water partition coefficient (Wildman–Crippen LogP) is -1.55. The summed E-state index contributed by atoms with van der Waals surface area (Å²) in [5, 5.41) is 7.19. The minimum atomic E-state index is -2.04. The second-order valence-corrected chi connectivity index (χ2v) is 7.82.